The predicted molar refractivity (Wildman–Crippen MR) is 79.0 cm³/mol. The maximum absolute atomic E-state index is 13.7. The molecule has 0 radical (unpaired) electrons. The number of aromatic nitrogens is 2. The van der Waals surface area contributed by atoms with E-state index in [9.17, 15) is 4.39 Å². The molecule has 5 heteroatoms. The van der Waals surface area contributed by atoms with Crippen LogP contribution in [0.4, 0.5) is 4.39 Å². The van der Waals surface area contributed by atoms with Gasteiger partial charge in [-0.3, -0.25) is 0 Å². The first-order valence-electron chi connectivity index (χ1n) is 6.57. The Kier molecular flexibility index (Phi) is 3.56. The van der Waals surface area contributed by atoms with Gasteiger partial charge in [-0.15, -0.1) is 11.6 Å². The highest BCUT2D eigenvalue weighted by molar-refractivity contribution is 9.10. The zero-order valence-electron chi connectivity index (χ0n) is 10.7. The van der Waals surface area contributed by atoms with Gasteiger partial charge >= 0.3 is 0 Å². The van der Waals surface area contributed by atoms with Gasteiger partial charge < -0.3 is 4.57 Å². The number of halogens is 3. The van der Waals surface area contributed by atoms with Gasteiger partial charge in [0.25, 0.3) is 0 Å². The molecule has 102 valence electrons. The van der Waals surface area contributed by atoms with Gasteiger partial charge in [-0.2, -0.15) is 0 Å². The van der Waals surface area contributed by atoms with Crippen molar-refractivity contribution in [3.63, 3.8) is 0 Å². The average molecular weight is 346 g/mol. The zero-order chi connectivity index (χ0) is 13.6. The van der Waals surface area contributed by atoms with E-state index in [2.05, 4.69) is 32.4 Å². The van der Waals surface area contributed by atoms with Crippen LogP contribution in [0.2, 0.25) is 0 Å². The van der Waals surface area contributed by atoms with Crippen LogP contribution in [0, 0.1) is 11.7 Å². The summed E-state index contributed by atoms with van der Waals surface area (Å²) in [6.45, 7) is 2.20. The van der Waals surface area contributed by atoms with Crippen LogP contribution in [0.25, 0.3) is 11.0 Å². The van der Waals surface area contributed by atoms with Crippen LogP contribution < -0.4 is 0 Å². The Bertz CT molecular complexity index is 625. The quantitative estimate of drug-likeness (QED) is 0.710. The van der Waals surface area contributed by atoms with Crippen molar-refractivity contribution < 1.29 is 4.39 Å². The lowest BCUT2D eigenvalue weighted by molar-refractivity contribution is 0.601. The molecule has 1 aliphatic carbocycles. The smallest absolute Gasteiger partial charge is 0.139 e. The number of hydrogen-bond donors (Lipinski definition) is 0. The topological polar surface area (TPSA) is 17.8 Å². The summed E-state index contributed by atoms with van der Waals surface area (Å²) in [7, 11) is 0. The van der Waals surface area contributed by atoms with Crippen LogP contribution in [-0.4, -0.2) is 9.55 Å². The van der Waals surface area contributed by atoms with Crippen LogP contribution in [-0.2, 0) is 5.88 Å². The maximum atomic E-state index is 13.7. The summed E-state index contributed by atoms with van der Waals surface area (Å²) in [6.07, 6.45) is 3.55. The van der Waals surface area contributed by atoms with Gasteiger partial charge in [-0.25, -0.2) is 9.37 Å². The van der Waals surface area contributed by atoms with Crippen molar-refractivity contribution in [1.29, 1.82) is 0 Å². The van der Waals surface area contributed by atoms with E-state index in [-0.39, 0.29) is 5.82 Å². The summed E-state index contributed by atoms with van der Waals surface area (Å²) >= 11 is 9.20. The van der Waals surface area contributed by atoms with E-state index < -0.39 is 0 Å². The third kappa shape index (κ3) is 2.29. The second-order valence-corrected chi connectivity index (χ2v) is 6.26. The second-order valence-electron chi connectivity index (χ2n) is 5.14. The van der Waals surface area contributed by atoms with Gasteiger partial charge in [0.05, 0.1) is 21.4 Å². The molecule has 0 N–H and O–H groups in total. The molecule has 3 rings (SSSR count). The Balaban J connectivity index is 2.09. The lowest BCUT2D eigenvalue weighted by Crippen LogP contribution is -2.01. The lowest BCUT2D eigenvalue weighted by atomic mass is 10.2. The molecule has 2 atom stereocenters. The van der Waals surface area contributed by atoms with Crippen molar-refractivity contribution in [3.05, 3.63) is 28.2 Å². The Hall–Kier alpha value is -0.610. The maximum Gasteiger partial charge on any atom is 0.139 e. The molecule has 1 aromatic heterocycles. The largest absolute Gasteiger partial charge is 0.323 e. The fraction of sp³-hybridized carbons (Fsp3) is 0.500. The first kappa shape index (κ1) is 13.4. The minimum Gasteiger partial charge on any atom is -0.323 e. The van der Waals surface area contributed by atoms with Gasteiger partial charge in [0, 0.05) is 12.1 Å². The Morgan fingerprint density at radius 3 is 3.00 bits per heavy atom. The van der Waals surface area contributed by atoms with E-state index >= 15 is 0 Å². The van der Waals surface area contributed by atoms with Crippen molar-refractivity contribution in [2.24, 2.45) is 5.92 Å². The summed E-state index contributed by atoms with van der Waals surface area (Å²) in [6, 6.07) is 3.73. The van der Waals surface area contributed by atoms with Crippen molar-refractivity contribution >= 4 is 38.6 Å². The number of nitrogens with zero attached hydrogens (tertiary/aromatic N) is 2. The molecular weight excluding hydrogens is 331 g/mol. The number of fused-ring (bicyclic) bond motifs is 1. The van der Waals surface area contributed by atoms with Crippen molar-refractivity contribution in [2.45, 2.75) is 38.1 Å². The number of imidazole rings is 1. The van der Waals surface area contributed by atoms with Crippen LogP contribution in [0.3, 0.4) is 0 Å². The van der Waals surface area contributed by atoms with Gasteiger partial charge in [-0.1, -0.05) is 13.3 Å². The van der Waals surface area contributed by atoms with Crippen LogP contribution in [0.15, 0.2) is 16.6 Å². The molecular formula is C14H15BrClFN2. The summed E-state index contributed by atoms with van der Waals surface area (Å²) in [4.78, 5) is 4.52. The van der Waals surface area contributed by atoms with Crippen molar-refractivity contribution in [2.75, 3.05) is 0 Å². The first-order valence-corrected chi connectivity index (χ1v) is 7.90. The molecule has 1 saturated carbocycles. The Labute approximate surface area is 125 Å². The molecule has 0 aliphatic heterocycles. The summed E-state index contributed by atoms with van der Waals surface area (Å²) in [5.74, 6) is 1.65. The van der Waals surface area contributed by atoms with Crippen molar-refractivity contribution in [3.8, 4) is 0 Å². The molecule has 0 amide bonds. The minimum atomic E-state index is -0.248. The van der Waals surface area contributed by atoms with E-state index in [1.54, 1.807) is 12.1 Å². The Morgan fingerprint density at radius 2 is 2.32 bits per heavy atom. The number of benzene rings is 1. The molecule has 0 saturated heterocycles. The third-order valence-corrected chi connectivity index (χ3v) is 4.65. The highest BCUT2D eigenvalue weighted by Gasteiger charge is 2.39. The summed E-state index contributed by atoms with van der Waals surface area (Å²) in [5.41, 5.74) is 1.67. The van der Waals surface area contributed by atoms with E-state index in [0.717, 1.165) is 23.3 Å². The van der Waals surface area contributed by atoms with Crippen LogP contribution in [0.1, 0.15) is 38.1 Å². The van der Waals surface area contributed by atoms with E-state index in [0.29, 0.717) is 22.3 Å². The third-order valence-electron chi connectivity index (χ3n) is 3.80. The second kappa shape index (κ2) is 5.06. The van der Waals surface area contributed by atoms with E-state index in [4.69, 9.17) is 11.6 Å². The monoisotopic (exact) mass is 344 g/mol. The minimum absolute atomic E-state index is 0.248. The molecule has 1 fully saturated rings. The molecule has 2 unspecified atom stereocenters. The first-order chi connectivity index (χ1) is 9.15. The summed E-state index contributed by atoms with van der Waals surface area (Å²) in [5, 5.41) is 0. The Morgan fingerprint density at radius 1 is 1.53 bits per heavy atom. The highest BCUT2D eigenvalue weighted by atomic mass is 79.9. The van der Waals surface area contributed by atoms with E-state index in [1.807, 2.05) is 0 Å². The number of rotatable bonds is 4. The SMILES string of the molecule is CCCC1CC1n1c(CCl)nc2cc(Br)c(F)cc21. The van der Waals surface area contributed by atoms with Crippen LogP contribution in [0.5, 0.6) is 0 Å². The molecule has 1 heterocycles. The normalized spacial score (nSPS) is 22.1. The molecule has 0 spiro atoms. The van der Waals surface area contributed by atoms with Crippen LogP contribution >= 0.6 is 27.5 Å². The van der Waals surface area contributed by atoms with Gasteiger partial charge in [0.1, 0.15) is 11.6 Å². The molecule has 19 heavy (non-hydrogen) atoms. The van der Waals surface area contributed by atoms with Gasteiger partial charge in [0.15, 0.2) is 0 Å². The predicted octanol–water partition coefficient (Wildman–Crippen LogP) is 5.04. The lowest BCUT2D eigenvalue weighted by Gasteiger charge is -2.07. The van der Waals surface area contributed by atoms with Crippen molar-refractivity contribution in [1.82, 2.24) is 9.55 Å². The van der Waals surface area contributed by atoms with Gasteiger partial charge in [-0.05, 0) is 40.8 Å². The van der Waals surface area contributed by atoms with Gasteiger partial charge in [0.2, 0.25) is 0 Å². The zero-order valence-corrected chi connectivity index (χ0v) is 13.0. The number of alkyl halides is 1. The standard InChI is InChI=1S/C14H15BrClFN2/c1-2-3-8-4-12(8)19-13-6-10(17)9(15)5-11(13)18-14(19)7-16/h5-6,8,12H,2-4,7H2,1H3. The molecule has 1 aromatic carbocycles. The molecule has 2 aromatic rings. The van der Waals surface area contributed by atoms with E-state index in [1.165, 1.54) is 12.8 Å². The summed E-state index contributed by atoms with van der Waals surface area (Å²) < 4.78 is 16.3. The fourth-order valence-electron chi connectivity index (χ4n) is 2.83. The fourth-order valence-corrected chi connectivity index (χ4v) is 3.35. The average Bonchev–Trinajstić information content (AvgIpc) is 3.04. The molecule has 0 bridgehead atoms. The molecule has 1 aliphatic rings. The number of hydrogen-bond acceptors (Lipinski definition) is 1. The molecule has 2 nitrogen and oxygen atoms in total. The highest BCUT2D eigenvalue weighted by Crippen LogP contribution is 2.48.